The summed E-state index contributed by atoms with van der Waals surface area (Å²) in [6.07, 6.45) is 3.72. The molecule has 1 atom stereocenters. The average molecular weight is 547 g/mol. The molecule has 0 N–H and O–H groups in total. The monoisotopic (exact) mass is 548 g/mol. The molecule has 1 unspecified atom stereocenters. The van der Waals surface area contributed by atoms with Gasteiger partial charge in [-0.3, -0.25) is 0 Å². The van der Waals surface area contributed by atoms with E-state index in [2.05, 4.69) is 97.0 Å². The van der Waals surface area contributed by atoms with Crippen molar-refractivity contribution >= 4 is 6.08 Å². The van der Waals surface area contributed by atoms with Gasteiger partial charge in [-0.15, -0.1) is 0 Å². The van der Waals surface area contributed by atoms with Crippen molar-refractivity contribution in [3.63, 3.8) is 0 Å². The molecule has 1 heteroatoms. The maximum atomic E-state index is 2.59. The van der Waals surface area contributed by atoms with Crippen LogP contribution in [0.25, 0.3) is 6.08 Å². The summed E-state index contributed by atoms with van der Waals surface area (Å²) in [6.45, 7) is 16.5. The van der Waals surface area contributed by atoms with E-state index in [0.717, 1.165) is 6.42 Å². The Morgan fingerprint density at radius 3 is 2.03 bits per heavy atom. The molecule has 0 saturated heterocycles. The first-order valence-corrected chi connectivity index (χ1v) is 14.3. The van der Waals surface area contributed by atoms with E-state index in [4.69, 9.17) is 0 Å². The number of hydrogen-bond acceptors (Lipinski definition) is 0. The topological polar surface area (TPSA) is 0 Å². The average Bonchev–Trinajstić information content (AvgIpc) is 3.08. The van der Waals surface area contributed by atoms with Crippen LogP contribution in [0.1, 0.15) is 68.4 Å². The summed E-state index contributed by atoms with van der Waals surface area (Å²) >= 11 is -1.14. The molecule has 2 aromatic rings. The fourth-order valence-electron chi connectivity index (χ4n) is 4.99. The number of allylic oxidation sites excluding steroid dienone is 5. The van der Waals surface area contributed by atoms with Crippen LogP contribution in [0.15, 0.2) is 68.1 Å². The van der Waals surface area contributed by atoms with Crippen molar-refractivity contribution < 1.29 is 22.9 Å². The van der Waals surface area contributed by atoms with Crippen molar-refractivity contribution in [1.29, 1.82) is 0 Å². The Kier molecular flexibility index (Phi) is 5.49. The molecule has 0 nitrogen and oxygen atoms in total. The standard InChI is InChI=1S/C18H17.C10H15.Hf/c1-13-10-16-8-9-17(18(16)11-14(13)2)12-15-6-4-3-5-7-15;1-6-7(2)9(4)10(5)8(6)3;/h3-8,10-11,17H,12H2,1-2H3;1-5H3;. The molecule has 0 saturated carbocycles. The Bertz CT molecular complexity index is 1040. The summed E-state index contributed by atoms with van der Waals surface area (Å²) in [6, 6.07) is 16.0. The second-order valence-electron chi connectivity index (χ2n) is 9.16. The van der Waals surface area contributed by atoms with Crippen LogP contribution in [0.4, 0.5) is 0 Å². The van der Waals surface area contributed by atoms with Gasteiger partial charge in [0.15, 0.2) is 0 Å². The van der Waals surface area contributed by atoms with Crippen LogP contribution in [-0.2, 0) is 29.3 Å². The molecular formula is C28H32Hf. The summed E-state index contributed by atoms with van der Waals surface area (Å²) < 4.78 is 2.12. The second-order valence-corrected chi connectivity index (χ2v) is 15.7. The quantitative estimate of drug-likeness (QED) is 0.342. The molecule has 2 aliphatic rings. The van der Waals surface area contributed by atoms with Crippen LogP contribution in [0.3, 0.4) is 0 Å². The normalized spacial score (nSPS) is 20.2. The first kappa shape index (κ1) is 20.8. The zero-order chi connectivity index (χ0) is 20.9. The van der Waals surface area contributed by atoms with Crippen molar-refractivity contribution in [1.82, 2.24) is 0 Å². The first-order chi connectivity index (χ1) is 13.7. The van der Waals surface area contributed by atoms with E-state index in [0.29, 0.717) is 9.09 Å². The Balaban J connectivity index is 1.76. The molecule has 0 amide bonds. The summed E-state index contributed by atoms with van der Waals surface area (Å²) in [7, 11) is 0. The number of aryl methyl sites for hydroxylation is 2. The van der Waals surface area contributed by atoms with Crippen LogP contribution >= 0.6 is 0 Å². The molecule has 0 heterocycles. The van der Waals surface area contributed by atoms with Crippen LogP contribution in [0.2, 0.25) is 3.17 Å². The maximum absolute atomic E-state index is 2.59. The van der Waals surface area contributed by atoms with E-state index < -0.39 is 22.9 Å². The first-order valence-electron chi connectivity index (χ1n) is 10.7. The van der Waals surface area contributed by atoms with Gasteiger partial charge in [0, 0.05) is 0 Å². The molecule has 4 rings (SSSR count). The van der Waals surface area contributed by atoms with E-state index in [9.17, 15) is 0 Å². The minimum atomic E-state index is -1.14. The molecular weight excluding hydrogens is 515 g/mol. The number of rotatable bonds is 4. The SMILES string of the molecule is CC1=C(C)[C](C)([Hf][C]2=Cc3cc(C)c(C)cc3C2Cc2ccccc2)C(C)=C1C. The molecule has 2 aromatic carbocycles. The summed E-state index contributed by atoms with van der Waals surface area (Å²) in [5.41, 5.74) is 13.7. The Hall–Kier alpha value is -1.47. The van der Waals surface area contributed by atoms with Gasteiger partial charge < -0.3 is 0 Å². The van der Waals surface area contributed by atoms with Crippen LogP contribution in [0, 0.1) is 13.8 Å². The van der Waals surface area contributed by atoms with Gasteiger partial charge in [-0.05, 0) is 0 Å². The van der Waals surface area contributed by atoms with Gasteiger partial charge in [-0.1, -0.05) is 0 Å². The molecule has 0 radical (unpaired) electrons. The van der Waals surface area contributed by atoms with Gasteiger partial charge >= 0.3 is 189 Å². The van der Waals surface area contributed by atoms with Gasteiger partial charge in [0.1, 0.15) is 0 Å². The minimum absolute atomic E-state index is 0.334. The molecule has 0 aliphatic heterocycles. The van der Waals surface area contributed by atoms with Gasteiger partial charge in [0.05, 0.1) is 0 Å². The summed E-state index contributed by atoms with van der Waals surface area (Å²) in [4.78, 5) is 0. The van der Waals surface area contributed by atoms with E-state index >= 15 is 0 Å². The van der Waals surface area contributed by atoms with E-state index in [1.165, 1.54) is 22.3 Å². The predicted octanol–water partition coefficient (Wildman–Crippen LogP) is 7.93. The zero-order valence-electron chi connectivity index (χ0n) is 18.9. The Morgan fingerprint density at radius 2 is 1.41 bits per heavy atom. The Labute approximate surface area is 188 Å². The molecule has 148 valence electrons. The van der Waals surface area contributed by atoms with Crippen LogP contribution in [-0.4, -0.2) is 0 Å². The molecule has 0 fully saturated rings. The molecule has 0 spiro atoms. The van der Waals surface area contributed by atoms with E-state index in [1.807, 2.05) is 0 Å². The fourth-order valence-corrected chi connectivity index (χ4v) is 12.1. The summed E-state index contributed by atoms with van der Waals surface area (Å²) in [5, 5.41) is 0. The third kappa shape index (κ3) is 3.50. The second kappa shape index (κ2) is 7.65. The van der Waals surface area contributed by atoms with E-state index in [-0.39, 0.29) is 0 Å². The van der Waals surface area contributed by atoms with Gasteiger partial charge in [0.2, 0.25) is 0 Å². The molecule has 0 bridgehead atoms. The van der Waals surface area contributed by atoms with Gasteiger partial charge in [-0.25, -0.2) is 0 Å². The fraction of sp³-hybridized carbons (Fsp3) is 0.357. The van der Waals surface area contributed by atoms with Crippen molar-refractivity contribution in [3.8, 4) is 0 Å². The van der Waals surface area contributed by atoms with Crippen LogP contribution in [0.5, 0.6) is 0 Å². The number of hydrogen-bond donors (Lipinski definition) is 0. The van der Waals surface area contributed by atoms with Crippen molar-refractivity contribution in [3.05, 3.63) is 95.9 Å². The van der Waals surface area contributed by atoms with Crippen molar-refractivity contribution in [2.24, 2.45) is 0 Å². The third-order valence-corrected chi connectivity index (χ3v) is 14.9. The predicted molar refractivity (Wildman–Crippen MR) is 122 cm³/mol. The van der Waals surface area contributed by atoms with Gasteiger partial charge in [0.25, 0.3) is 0 Å². The molecule has 2 aliphatic carbocycles. The van der Waals surface area contributed by atoms with Crippen LogP contribution < -0.4 is 0 Å². The van der Waals surface area contributed by atoms with Gasteiger partial charge in [-0.2, -0.15) is 0 Å². The Morgan fingerprint density at radius 1 is 0.828 bits per heavy atom. The molecule has 29 heavy (non-hydrogen) atoms. The van der Waals surface area contributed by atoms with E-state index in [1.54, 1.807) is 31.2 Å². The van der Waals surface area contributed by atoms with Crippen molar-refractivity contribution in [2.75, 3.05) is 0 Å². The third-order valence-electron chi connectivity index (χ3n) is 7.63. The zero-order valence-corrected chi connectivity index (χ0v) is 22.5. The molecule has 0 aromatic heterocycles. The number of fused-ring (bicyclic) bond motifs is 1. The number of benzene rings is 2. The summed E-state index contributed by atoms with van der Waals surface area (Å²) in [5.74, 6) is 0.564. The van der Waals surface area contributed by atoms with Crippen molar-refractivity contribution in [2.45, 2.75) is 64.0 Å².